The molecular formula is C14H15F3N2. The maximum Gasteiger partial charge on any atom is 0.417 e. The zero-order chi connectivity index (χ0) is 14.6. The van der Waals surface area contributed by atoms with Crippen molar-refractivity contribution in [1.29, 1.82) is 5.26 Å². The standard InChI is InChI=1S/C14H15F3N2/c1-4-7-19(10(2)3)12-5-6-13(14(15,16)17)11(8-12)9-18/h4-6,8,10H,1,7H2,2-3H3. The van der Waals surface area contributed by atoms with Crippen molar-refractivity contribution < 1.29 is 13.2 Å². The molecule has 1 rings (SSSR count). The molecule has 0 saturated heterocycles. The molecule has 0 radical (unpaired) electrons. The summed E-state index contributed by atoms with van der Waals surface area (Å²) >= 11 is 0. The van der Waals surface area contributed by atoms with Gasteiger partial charge in [0.25, 0.3) is 0 Å². The minimum Gasteiger partial charge on any atom is -0.365 e. The predicted molar refractivity (Wildman–Crippen MR) is 68.8 cm³/mol. The van der Waals surface area contributed by atoms with Crippen molar-refractivity contribution in [2.45, 2.75) is 26.1 Å². The molecule has 102 valence electrons. The van der Waals surface area contributed by atoms with E-state index in [1.807, 2.05) is 18.7 Å². The van der Waals surface area contributed by atoms with Crippen molar-refractivity contribution >= 4 is 5.69 Å². The molecule has 0 fully saturated rings. The number of rotatable bonds is 4. The van der Waals surface area contributed by atoms with Crippen LogP contribution in [0.25, 0.3) is 0 Å². The fourth-order valence-corrected chi connectivity index (χ4v) is 1.80. The van der Waals surface area contributed by atoms with E-state index in [1.54, 1.807) is 12.1 Å². The molecule has 0 saturated carbocycles. The first-order valence-electron chi connectivity index (χ1n) is 5.80. The van der Waals surface area contributed by atoms with Crippen LogP contribution < -0.4 is 4.90 Å². The highest BCUT2D eigenvalue weighted by atomic mass is 19.4. The molecule has 0 heterocycles. The van der Waals surface area contributed by atoms with Gasteiger partial charge in [-0.3, -0.25) is 0 Å². The summed E-state index contributed by atoms with van der Waals surface area (Å²) in [4.78, 5) is 1.87. The van der Waals surface area contributed by atoms with Crippen LogP contribution in [0.15, 0.2) is 30.9 Å². The third-order valence-electron chi connectivity index (χ3n) is 2.71. The Bertz CT molecular complexity index is 498. The fourth-order valence-electron chi connectivity index (χ4n) is 1.80. The lowest BCUT2D eigenvalue weighted by Crippen LogP contribution is -2.30. The van der Waals surface area contributed by atoms with Gasteiger partial charge in [-0.1, -0.05) is 6.08 Å². The molecule has 0 aliphatic carbocycles. The molecule has 0 unspecified atom stereocenters. The molecule has 0 atom stereocenters. The molecule has 2 nitrogen and oxygen atoms in total. The predicted octanol–water partition coefficient (Wildman–Crippen LogP) is 3.98. The van der Waals surface area contributed by atoms with Crippen molar-refractivity contribution in [3.05, 3.63) is 42.0 Å². The summed E-state index contributed by atoms with van der Waals surface area (Å²) in [5, 5.41) is 8.87. The van der Waals surface area contributed by atoms with E-state index in [9.17, 15) is 13.2 Å². The molecule has 0 bridgehead atoms. The largest absolute Gasteiger partial charge is 0.417 e. The number of anilines is 1. The quantitative estimate of drug-likeness (QED) is 0.772. The normalized spacial score (nSPS) is 11.2. The summed E-state index contributed by atoms with van der Waals surface area (Å²) < 4.78 is 38.1. The molecule has 0 amide bonds. The van der Waals surface area contributed by atoms with Crippen LogP contribution in [-0.4, -0.2) is 12.6 Å². The third-order valence-corrected chi connectivity index (χ3v) is 2.71. The van der Waals surface area contributed by atoms with Gasteiger partial charge in [0, 0.05) is 18.3 Å². The van der Waals surface area contributed by atoms with Crippen molar-refractivity contribution in [2.24, 2.45) is 0 Å². The molecule has 0 aliphatic heterocycles. The van der Waals surface area contributed by atoms with E-state index in [0.717, 1.165) is 6.07 Å². The second-order valence-electron chi connectivity index (χ2n) is 4.37. The Hall–Kier alpha value is -1.96. The first kappa shape index (κ1) is 15.1. The first-order valence-corrected chi connectivity index (χ1v) is 5.80. The summed E-state index contributed by atoms with van der Waals surface area (Å²) in [6.45, 7) is 7.98. The van der Waals surface area contributed by atoms with Crippen LogP contribution in [0.2, 0.25) is 0 Å². The Morgan fingerprint density at radius 1 is 1.42 bits per heavy atom. The van der Waals surface area contributed by atoms with Gasteiger partial charge in [0.1, 0.15) is 0 Å². The van der Waals surface area contributed by atoms with E-state index in [0.29, 0.717) is 12.2 Å². The summed E-state index contributed by atoms with van der Waals surface area (Å²) in [7, 11) is 0. The minimum absolute atomic E-state index is 0.0984. The van der Waals surface area contributed by atoms with Gasteiger partial charge < -0.3 is 4.90 Å². The van der Waals surface area contributed by atoms with Gasteiger partial charge in [-0.2, -0.15) is 18.4 Å². The Balaban J connectivity index is 3.27. The maximum atomic E-state index is 12.7. The minimum atomic E-state index is -4.51. The molecule has 0 aliphatic rings. The second-order valence-corrected chi connectivity index (χ2v) is 4.37. The summed E-state index contributed by atoms with van der Waals surface area (Å²) in [5.41, 5.74) is -0.680. The van der Waals surface area contributed by atoms with Crippen molar-refractivity contribution in [1.82, 2.24) is 0 Å². The SMILES string of the molecule is C=CCN(c1ccc(C(F)(F)F)c(C#N)c1)C(C)C. The summed E-state index contributed by atoms with van der Waals surface area (Å²) in [6.07, 6.45) is -2.84. The van der Waals surface area contributed by atoms with E-state index in [2.05, 4.69) is 6.58 Å². The maximum absolute atomic E-state index is 12.7. The number of hydrogen-bond acceptors (Lipinski definition) is 2. The number of hydrogen-bond donors (Lipinski definition) is 0. The van der Waals surface area contributed by atoms with Gasteiger partial charge in [0.05, 0.1) is 17.2 Å². The number of benzene rings is 1. The van der Waals surface area contributed by atoms with E-state index >= 15 is 0 Å². The molecule has 19 heavy (non-hydrogen) atoms. The summed E-state index contributed by atoms with van der Waals surface area (Å²) in [6, 6.07) is 5.31. The van der Waals surface area contributed by atoms with E-state index in [-0.39, 0.29) is 11.6 Å². The topological polar surface area (TPSA) is 27.0 Å². The number of nitriles is 1. The Morgan fingerprint density at radius 3 is 2.47 bits per heavy atom. The Morgan fingerprint density at radius 2 is 2.05 bits per heavy atom. The van der Waals surface area contributed by atoms with Gasteiger partial charge >= 0.3 is 6.18 Å². The lowest BCUT2D eigenvalue weighted by atomic mass is 10.1. The molecule has 5 heteroatoms. The zero-order valence-corrected chi connectivity index (χ0v) is 10.8. The molecule has 0 spiro atoms. The average molecular weight is 268 g/mol. The van der Waals surface area contributed by atoms with Crippen molar-refractivity contribution in [2.75, 3.05) is 11.4 Å². The van der Waals surface area contributed by atoms with E-state index < -0.39 is 11.7 Å². The monoisotopic (exact) mass is 268 g/mol. The van der Waals surface area contributed by atoms with Crippen LogP contribution >= 0.6 is 0 Å². The Kier molecular flexibility index (Phi) is 4.60. The molecule has 0 N–H and O–H groups in total. The second kappa shape index (κ2) is 5.79. The van der Waals surface area contributed by atoms with Crippen molar-refractivity contribution in [3.8, 4) is 6.07 Å². The van der Waals surface area contributed by atoms with Gasteiger partial charge in [0.15, 0.2) is 0 Å². The average Bonchev–Trinajstić information content (AvgIpc) is 2.33. The van der Waals surface area contributed by atoms with Gasteiger partial charge in [-0.05, 0) is 32.0 Å². The zero-order valence-electron chi connectivity index (χ0n) is 10.8. The molecule has 1 aromatic carbocycles. The van der Waals surface area contributed by atoms with Crippen molar-refractivity contribution in [3.63, 3.8) is 0 Å². The first-order chi connectivity index (χ1) is 8.81. The van der Waals surface area contributed by atoms with Crippen LogP contribution in [0, 0.1) is 11.3 Å². The smallest absolute Gasteiger partial charge is 0.365 e. The number of halogens is 3. The van der Waals surface area contributed by atoms with Gasteiger partial charge in [-0.25, -0.2) is 0 Å². The Labute approximate surface area is 110 Å². The third kappa shape index (κ3) is 3.50. The lowest BCUT2D eigenvalue weighted by molar-refractivity contribution is -0.137. The van der Waals surface area contributed by atoms with Crippen LogP contribution in [0.1, 0.15) is 25.0 Å². The molecule has 1 aromatic rings. The van der Waals surface area contributed by atoms with Crippen LogP contribution in [0.4, 0.5) is 18.9 Å². The van der Waals surface area contributed by atoms with E-state index in [4.69, 9.17) is 5.26 Å². The number of nitrogens with zero attached hydrogens (tertiary/aromatic N) is 2. The summed E-state index contributed by atoms with van der Waals surface area (Å²) in [5.74, 6) is 0. The molecular weight excluding hydrogens is 253 g/mol. The highest BCUT2D eigenvalue weighted by Crippen LogP contribution is 2.34. The molecule has 0 aromatic heterocycles. The van der Waals surface area contributed by atoms with Gasteiger partial charge in [0.2, 0.25) is 0 Å². The highest BCUT2D eigenvalue weighted by Gasteiger charge is 2.33. The van der Waals surface area contributed by atoms with Crippen LogP contribution in [0.3, 0.4) is 0 Å². The van der Waals surface area contributed by atoms with Crippen LogP contribution in [0.5, 0.6) is 0 Å². The van der Waals surface area contributed by atoms with Crippen LogP contribution in [-0.2, 0) is 6.18 Å². The fraction of sp³-hybridized carbons (Fsp3) is 0.357. The number of alkyl halides is 3. The van der Waals surface area contributed by atoms with E-state index in [1.165, 1.54) is 12.1 Å². The highest BCUT2D eigenvalue weighted by molar-refractivity contribution is 5.56. The van der Waals surface area contributed by atoms with Gasteiger partial charge in [-0.15, -0.1) is 6.58 Å². The lowest BCUT2D eigenvalue weighted by Gasteiger charge is -2.28.